The average molecular weight is 412 g/mol. The number of carbonyl (C=O) groups excluding carboxylic acids is 1. The fourth-order valence-electron chi connectivity index (χ4n) is 4.93. The van der Waals surface area contributed by atoms with Crippen LogP contribution in [-0.4, -0.2) is 66.1 Å². The van der Waals surface area contributed by atoms with Crippen LogP contribution in [0.1, 0.15) is 10.4 Å². The Morgan fingerprint density at radius 2 is 1.74 bits per heavy atom. The van der Waals surface area contributed by atoms with Gasteiger partial charge in [-0.2, -0.15) is 0 Å². The Morgan fingerprint density at radius 3 is 2.61 bits per heavy atom. The number of nitrogens with one attached hydrogen (secondary N) is 1. The van der Waals surface area contributed by atoms with Crippen molar-refractivity contribution < 1.29 is 9.53 Å². The van der Waals surface area contributed by atoms with Gasteiger partial charge in [-0.15, -0.1) is 0 Å². The van der Waals surface area contributed by atoms with Crippen molar-refractivity contribution in [3.8, 4) is 11.1 Å². The molecule has 5 nitrogen and oxygen atoms in total. The molecule has 156 valence electrons. The average Bonchev–Trinajstić information content (AvgIpc) is 3.26. The normalized spacial score (nSPS) is 17.9. The van der Waals surface area contributed by atoms with Crippen molar-refractivity contribution >= 4 is 27.6 Å². The SMILES string of the molecule is O=C(c1cccc2c(-c3ccc4cc[nH]c4c3)cccc12)N1CC(N2CCOCC2)C1. The Kier molecular flexibility index (Phi) is 4.51. The minimum absolute atomic E-state index is 0.132. The molecule has 0 bridgehead atoms. The molecule has 31 heavy (non-hydrogen) atoms. The van der Waals surface area contributed by atoms with Gasteiger partial charge in [0.1, 0.15) is 0 Å². The number of H-pyrrole nitrogens is 1. The Labute approximate surface area is 181 Å². The van der Waals surface area contributed by atoms with E-state index < -0.39 is 0 Å². The number of carbonyl (C=O) groups is 1. The molecular formula is C26H25N3O2. The molecule has 3 aromatic carbocycles. The number of hydrogen-bond donors (Lipinski definition) is 1. The van der Waals surface area contributed by atoms with Crippen LogP contribution in [0.5, 0.6) is 0 Å². The van der Waals surface area contributed by atoms with Crippen molar-refractivity contribution in [3.63, 3.8) is 0 Å². The molecule has 0 unspecified atom stereocenters. The molecule has 2 aliphatic heterocycles. The summed E-state index contributed by atoms with van der Waals surface area (Å²) < 4.78 is 5.45. The first-order valence-electron chi connectivity index (χ1n) is 11.0. The number of aromatic amines is 1. The molecule has 0 radical (unpaired) electrons. The van der Waals surface area contributed by atoms with Gasteiger partial charge in [0.25, 0.3) is 5.91 Å². The van der Waals surface area contributed by atoms with Crippen LogP contribution in [0.15, 0.2) is 66.9 Å². The summed E-state index contributed by atoms with van der Waals surface area (Å²) in [6.07, 6.45) is 1.96. The van der Waals surface area contributed by atoms with E-state index in [0.717, 1.165) is 72.4 Å². The maximum atomic E-state index is 13.3. The van der Waals surface area contributed by atoms with Gasteiger partial charge in [-0.3, -0.25) is 9.69 Å². The van der Waals surface area contributed by atoms with Crippen molar-refractivity contribution in [1.29, 1.82) is 0 Å². The van der Waals surface area contributed by atoms with Crippen LogP contribution in [0, 0.1) is 0 Å². The number of likely N-dealkylation sites (tertiary alicyclic amines) is 1. The summed E-state index contributed by atoms with van der Waals surface area (Å²) in [4.78, 5) is 21.1. The van der Waals surface area contributed by atoms with E-state index in [9.17, 15) is 4.79 Å². The molecular weight excluding hydrogens is 386 g/mol. The monoisotopic (exact) mass is 411 g/mol. The summed E-state index contributed by atoms with van der Waals surface area (Å²) in [7, 11) is 0. The molecule has 0 saturated carbocycles. The van der Waals surface area contributed by atoms with Gasteiger partial charge in [-0.1, -0.05) is 42.5 Å². The molecule has 5 heteroatoms. The summed E-state index contributed by atoms with van der Waals surface area (Å²) in [5.41, 5.74) is 4.22. The quantitative estimate of drug-likeness (QED) is 0.551. The Hall–Kier alpha value is -3.15. The Morgan fingerprint density at radius 1 is 0.935 bits per heavy atom. The lowest BCUT2D eigenvalue weighted by molar-refractivity contribution is -0.0255. The zero-order chi connectivity index (χ0) is 20.8. The van der Waals surface area contributed by atoms with E-state index in [1.54, 1.807) is 0 Å². The van der Waals surface area contributed by atoms with Crippen LogP contribution < -0.4 is 0 Å². The number of fused-ring (bicyclic) bond motifs is 2. The van der Waals surface area contributed by atoms with E-state index in [1.807, 2.05) is 23.2 Å². The second-order valence-corrected chi connectivity index (χ2v) is 8.50. The molecule has 1 amide bonds. The minimum Gasteiger partial charge on any atom is -0.379 e. The van der Waals surface area contributed by atoms with Crippen LogP contribution in [0.25, 0.3) is 32.8 Å². The summed E-state index contributed by atoms with van der Waals surface area (Å²) in [5, 5.41) is 3.34. The number of aromatic nitrogens is 1. The number of morpholine rings is 1. The van der Waals surface area contributed by atoms with E-state index in [-0.39, 0.29) is 5.91 Å². The van der Waals surface area contributed by atoms with Crippen molar-refractivity contribution in [1.82, 2.24) is 14.8 Å². The number of hydrogen-bond acceptors (Lipinski definition) is 3. The lowest BCUT2D eigenvalue weighted by Gasteiger charge is -2.46. The van der Waals surface area contributed by atoms with E-state index in [0.29, 0.717) is 6.04 Å². The van der Waals surface area contributed by atoms with Gasteiger partial charge in [-0.25, -0.2) is 0 Å². The molecule has 4 aromatic rings. The maximum absolute atomic E-state index is 13.3. The predicted molar refractivity (Wildman–Crippen MR) is 123 cm³/mol. The van der Waals surface area contributed by atoms with Crippen LogP contribution in [-0.2, 0) is 4.74 Å². The molecule has 2 aliphatic rings. The van der Waals surface area contributed by atoms with Gasteiger partial charge in [0.05, 0.1) is 13.2 Å². The number of ether oxygens (including phenoxy) is 1. The first-order valence-corrected chi connectivity index (χ1v) is 11.0. The largest absolute Gasteiger partial charge is 0.379 e. The van der Waals surface area contributed by atoms with Crippen LogP contribution in [0.3, 0.4) is 0 Å². The third-order valence-corrected chi connectivity index (χ3v) is 6.73. The van der Waals surface area contributed by atoms with Gasteiger partial charge in [0.2, 0.25) is 0 Å². The topological polar surface area (TPSA) is 48.6 Å². The van der Waals surface area contributed by atoms with E-state index >= 15 is 0 Å². The van der Waals surface area contributed by atoms with Gasteiger partial charge in [-0.05, 0) is 45.5 Å². The summed E-state index contributed by atoms with van der Waals surface area (Å²) in [5.74, 6) is 0.132. The van der Waals surface area contributed by atoms with Gasteiger partial charge >= 0.3 is 0 Å². The maximum Gasteiger partial charge on any atom is 0.254 e. The molecule has 1 N–H and O–H groups in total. The van der Waals surface area contributed by atoms with E-state index in [1.165, 1.54) is 5.39 Å². The Bertz CT molecular complexity index is 1270. The van der Waals surface area contributed by atoms with E-state index in [4.69, 9.17) is 4.74 Å². The number of rotatable bonds is 3. The molecule has 2 saturated heterocycles. The fourth-order valence-corrected chi connectivity index (χ4v) is 4.93. The highest BCUT2D eigenvalue weighted by Crippen LogP contribution is 2.33. The van der Waals surface area contributed by atoms with Crippen molar-refractivity contribution in [3.05, 3.63) is 72.4 Å². The molecule has 0 aliphatic carbocycles. The molecule has 0 spiro atoms. The zero-order valence-electron chi connectivity index (χ0n) is 17.4. The fraction of sp³-hybridized carbons (Fsp3) is 0.269. The number of benzene rings is 3. The van der Waals surface area contributed by atoms with Crippen molar-refractivity contribution in [2.24, 2.45) is 0 Å². The molecule has 6 rings (SSSR count). The first-order chi connectivity index (χ1) is 15.3. The van der Waals surface area contributed by atoms with Gasteiger partial charge < -0.3 is 14.6 Å². The lowest BCUT2D eigenvalue weighted by atomic mass is 9.94. The lowest BCUT2D eigenvalue weighted by Crippen LogP contribution is -2.62. The first kappa shape index (κ1) is 18.6. The van der Waals surface area contributed by atoms with Crippen LogP contribution >= 0.6 is 0 Å². The predicted octanol–water partition coefficient (Wildman–Crippen LogP) is 4.14. The molecule has 3 heterocycles. The summed E-state index contributed by atoms with van der Waals surface area (Å²) in [6.45, 7) is 5.14. The highest BCUT2D eigenvalue weighted by Gasteiger charge is 2.36. The van der Waals surface area contributed by atoms with Crippen molar-refractivity contribution in [2.75, 3.05) is 39.4 Å². The number of amides is 1. The molecule has 2 fully saturated rings. The highest BCUT2D eigenvalue weighted by molar-refractivity contribution is 6.11. The second kappa shape index (κ2) is 7.52. The third-order valence-electron chi connectivity index (χ3n) is 6.73. The third kappa shape index (κ3) is 3.21. The smallest absolute Gasteiger partial charge is 0.254 e. The van der Waals surface area contributed by atoms with E-state index in [2.05, 4.69) is 58.4 Å². The molecule has 1 aromatic heterocycles. The second-order valence-electron chi connectivity index (χ2n) is 8.50. The van der Waals surface area contributed by atoms with Gasteiger partial charge in [0.15, 0.2) is 0 Å². The zero-order valence-corrected chi connectivity index (χ0v) is 17.4. The van der Waals surface area contributed by atoms with Gasteiger partial charge in [0, 0.05) is 49.5 Å². The standard InChI is InChI=1S/C26H25N3O2/c30-26(29-16-20(17-29)28-11-13-31-14-12-28)24-6-2-4-22-21(3-1-5-23(22)24)19-8-7-18-9-10-27-25(18)15-19/h1-10,15,20,27H,11-14,16-17H2. The van der Waals surface area contributed by atoms with Crippen LogP contribution in [0.4, 0.5) is 0 Å². The summed E-state index contributed by atoms with van der Waals surface area (Å²) >= 11 is 0. The number of nitrogens with zero attached hydrogens (tertiary/aromatic N) is 2. The highest BCUT2D eigenvalue weighted by atomic mass is 16.5. The minimum atomic E-state index is 0.132. The Balaban J connectivity index is 1.31. The van der Waals surface area contributed by atoms with Crippen molar-refractivity contribution in [2.45, 2.75) is 6.04 Å². The summed E-state index contributed by atoms with van der Waals surface area (Å²) in [6, 6.07) is 21.4. The van der Waals surface area contributed by atoms with Crippen LogP contribution in [0.2, 0.25) is 0 Å². The molecule has 0 atom stereocenters.